The van der Waals surface area contributed by atoms with Crippen molar-refractivity contribution in [3.63, 3.8) is 0 Å². The first kappa shape index (κ1) is 13.2. The Kier molecular flexibility index (Phi) is 3.73. The molecule has 0 fully saturated rings. The SMILES string of the molecule is NNc1ncc(Cl)c(Sc2ccc3ccccc3c2)n1. The fourth-order valence-electron chi connectivity index (χ4n) is 1.84. The van der Waals surface area contributed by atoms with E-state index in [1.54, 1.807) is 0 Å². The van der Waals surface area contributed by atoms with Gasteiger partial charge in [-0.1, -0.05) is 53.7 Å². The summed E-state index contributed by atoms with van der Waals surface area (Å²) in [6, 6.07) is 14.4. The fourth-order valence-corrected chi connectivity index (χ4v) is 2.87. The first-order valence-corrected chi connectivity index (χ1v) is 7.11. The second-order valence-corrected chi connectivity index (χ2v) is 5.57. The maximum Gasteiger partial charge on any atom is 0.238 e. The lowest BCUT2D eigenvalue weighted by Crippen LogP contribution is -2.10. The third-order valence-electron chi connectivity index (χ3n) is 2.78. The highest BCUT2D eigenvalue weighted by atomic mass is 35.5. The number of hydrogen-bond acceptors (Lipinski definition) is 5. The summed E-state index contributed by atoms with van der Waals surface area (Å²) in [5, 5.41) is 3.56. The first-order chi connectivity index (χ1) is 9.76. The average Bonchev–Trinajstić information content (AvgIpc) is 2.49. The molecule has 0 amide bonds. The molecule has 0 atom stereocenters. The van der Waals surface area contributed by atoms with Crippen LogP contribution in [0.5, 0.6) is 0 Å². The van der Waals surface area contributed by atoms with Crippen LogP contribution in [0, 0.1) is 0 Å². The molecule has 0 bridgehead atoms. The van der Waals surface area contributed by atoms with E-state index in [2.05, 4.69) is 39.7 Å². The number of hydrogen-bond donors (Lipinski definition) is 2. The van der Waals surface area contributed by atoms with Crippen molar-refractivity contribution >= 4 is 40.1 Å². The van der Waals surface area contributed by atoms with Gasteiger partial charge in [0.15, 0.2) is 0 Å². The summed E-state index contributed by atoms with van der Waals surface area (Å²) >= 11 is 7.59. The topological polar surface area (TPSA) is 63.8 Å². The summed E-state index contributed by atoms with van der Waals surface area (Å²) < 4.78 is 0. The van der Waals surface area contributed by atoms with Crippen LogP contribution in [-0.2, 0) is 0 Å². The summed E-state index contributed by atoms with van der Waals surface area (Å²) in [5.74, 6) is 5.65. The highest BCUT2D eigenvalue weighted by Gasteiger charge is 2.07. The molecule has 0 saturated heterocycles. The highest BCUT2D eigenvalue weighted by Crippen LogP contribution is 2.33. The molecule has 0 unspecified atom stereocenters. The summed E-state index contributed by atoms with van der Waals surface area (Å²) in [5.41, 5.74) is 2.42. The van der Waals surface area contributed by atoms with Crippen molar-refractivity contribution in [3.05, 3.63) is 53.7 Å². The van der Waals surface area contributed by atoms with Crippen molar-refractivity contribution in [1.29, 1.82) is 0 Å². The number of nitrogens with one attached hydrogen (secondary N) is 1. The van der Waals surface area contributed by atoms with Crippen LogP contribution in [-0.4, -0.2) is 9.97 Å². The molecule has 1 heterocycles. The van der Waals surface area contributed by atoms with Crippen LogP contribution in [0.1, 0.15) is 0 Å². The standard InChI is InChI=1S/C14H11ClN4S/c15-12-8-17-14(19-16)18-13(12)20-11-6-5-9-3-1-2-4-10(9)7-11/h1-8H,16H2,(H,17,18,19). The summed E-state index contributed by atoms with van der Waals surface area (Å²) in [6.07, 6.45) is 1.53. The quantitative estimate of drug-likeness (QED) is 0.438. The maximum absolute atomic E-state index is 6.11. The Labute approximate surface area is 125 Å². The third kappa shape index (κ3) is 2.70. The van der Waals surface area contributed by atoms with Gasteiger partial charge < -0.3 is 0 Å². The van der Waals surface area contributed by atoms with Gasteiger partial charge in [0.1, 0.15) is 5.03 Å². The summed E-state index contributed by atoms with van der Waals surface area (Å²) in [7, 11) is 0. The van der Waals surface area contributed by atoms with Gasteiger partial charge in [-0.2, -0.15) is 0 Å². The van der Waals surface area contributed by atoms with E-state index >= 15 is 0 Å². The Morgan fingerprint density at radius 1 is 1.10 bits per heavy atom. The lowest BCUT2D eigenvalue weighted by Gasteiger charge is -2.06. The van der Waals surface area contributed by atoms with Gasteiger partial charge >= 0.3 is 0 Å². The van der Waals surface area contributed by atoms with Gasteiger partial charge in [-0.25, -0.2) is 15.8 Å². The van der Waals surface area contributed by atoms with Gasteiger partial charge in [-0.3, -0.25) is 5.43 Å². The first-order valence-electron chi connectivity index (χ1n) is 5.92. The normalized spacial score (nSPS) is 10.7. The number of nitrogen functional groups attached to an aromatic ring is 1. The van der Waals surface area contributed by atoms with Crippen LogP contribution in [0.25, 0.3) is 10.8 Å². The minimum Gasteiger partial charge on any atom is -0.292 e. The predicted molar refractivity (Wildman–Crippen MR) is 82.9 cm³/mol. The van der Waals surface area contributed by atoms with Crippen molar-refractivity contribution in [1.82, 2.24) is 9.97 Å². The monoisotopic (exact) mass is 302 g/mol. The fraction of sp³-hybridized carbons (Fsp3) is 0. The molecule has 0 aliphatic heterocycles. The highest BCUT2D eigenvalue weighted by molar-refractivity contribution is 7.99. The Hall–Kier alpha value is -1.82. The van der Waals surface area contributed by atoms with Crippen molar-refractivity contribution < 1.29 is 0 Å². The molecule has 0 aliphatic rings. The Balaban J connectivity index is 1.96. The second kappa shape index (κ2) is 5.66. The van der Waals surface area contributed by atoms with E-state index in [1.165, 1.54) is 28.7 Å². The van der Waals surface area contributed by atoms with Gasteiger partial charge in [0.05, 0.1) is 11.2 Å². The number of aromatic nitrogens is 2. The maximum atomic E-state index is 6.11. The van der Waals surface area contributed by atoms with Gasteiger partial charge in [0.25, 0.3) is 0 Å². The van der Waals surface area contributed by atoms with Gasteiger partial charge in [0, 0.05) is 4.90 Å². The molecule has 0 saturated carbocycles. The van der Waals surface area contributed by atoms with E-state index in [9.17, 15) is 0 Å². The van der Waals surface area contributed by atoms with Gasteiger partial charge in [0.2, 0.25) is 5.95 Å². The molecule has 20 heavy (non-hydrogen) atoms. The Bertz CT molecular complexity index is 763. The van der Waals surface area contributed by atoms with Gasteiger partial charge in [-0.15, -0.1) is 0 Å². The summed E-state index contributed by atoms with van der Waals surface area (Å²) in [6.45, 7) is 0. The molecular weight excluding hydrogens is 292 g/mol. The number of hydrazine groups is 1. The molecule has 0 aliphatic carbocycles. The van der Waals surface area contributed by atoms with Crippen LogP contribution in [0.4, 0.5) is 5.95 Å². The van der Waals surface area contributed by atoms with Crippen molar-refractivity contribution in [3.8, 4) is 0 Å². The van der Waals surface area contributed by atoms with Crippen LogP contribution in [0.15, 0.2) is 58.6 Å². The molecule has 100 valence electrons. The van der Waals surface area contributed by atoms with Crippen LogP contribution >= 0.6 is 23.4 Å². The van der Waals surface area contributed by atoms with Crippen molar-refractivity contribution in [2.45, 2.75) is 9.92 Å². The molecule has 3 N–H and O–H groups in total. The van der Waals surface area contributed by atoms with Crippen LogP contribution in [0.2, 0.25) is 5.02 Å². The lowest BCUT2D eigenvalue weighted by molar-refractivity contribution is 1.03. The Morgan fingerprint density at radius 3 is 2.70 bits per heavy atom. The van der Waals surface area contributed by atoms with E-state index in [0.29, 0.717) is 16.0 Å². The molecule has 0 radical (unpaired) electrons. The largest absolute Gasteiger partial charge is 0.292 e. The van der Waals surface area contributed by atoms with E-state index in [0.717, 1.165) is 4.90 Å². The number of nitrogens with zero attached hydrogens (tertiary/aromatic N) is 2. The van der Waals surface area contributed by atoms with Gasteiger partial charge in [-0.05, 0) is 22.9 Å². The predicted octanol–water partition coefficient (Wildman–Crippen LogP) is 3.72. The lowest BCUT2D eigenvalue weighted by atomic mass is 10.1. The smallest absolute Gasteiger partial charge is 0.238 e. The molecular formula is C14H11ClN4S. The molecule has 3 aromatic rings. The summed E-state index contributed by atoms with van der Waals surface area (Å²) in [4.78, 5) is 9.27. The number of fused-ring (bicyclic) bond motifs is 1. The molecule has 6 heteroatoms. The zero-order valence-corrected chi connectivity index (χ0v) is 11.9. The van der Waals surface area contributed by atoms with E-state index in [4.69, 9.17) is 17.4 Å². The third-order valence-corrected chi connectivity index (χ3v) is 4.16. The van der Waals surface area contributed by atoms with E-state index in [1.807, 2.05) is 18.2 Å². The zero-order chi connectivity index (χ0) is 13.9. The molecule has 1 aromatic heterocycles. The van der Waals surface area contributed by atoms with Crippen LogP contribution in [0.3, 0.4) is 0 Å². The van der Waals surface area contributed by atoms with Crippen molar-refractivity contribution in [2.24, 2.45) is 5.84 Å². The number of nitrogens with two attached hydrogens (primary N) is 1. The zero-order valence-electron chi connectivity index (χ0n) is 10.4. The number of anilines is 1. The van der Waals surface area contributed by atoms with Crippen molar-refractivity contribution in [2.75, 3.05) is 5.43 Å². The Morgan fingerprint density at radius 2 is 1.90 bits per heavy atom. The minimum atomic E-state index is 0.345. The molecule has 2 aromatic carbocycles. The number of halogens is 1. The second-order valence-electron chi connectivity index (χ2n) is 4.10. The molecule has 0 spiro atoms. The number of rotatable bonds is 3. The van der Waals surface area contributed by atoms with E-state index in [-0.39, 0.29) is 0 Å². The average molecular weight is 303 g/mol. The molecule has 4 nitrogen and oxygen atoms in total. The molecule has 3 rings (SSSR count). The minimum absolute atomic E-state index is 0.345. The number of benzene rings is 2. The van der Waals surface area contributed by atoms with E-state index < -0.39 is 0 Å². The van der Waals surface area contributed by atoms with Crippen LogP contribution < -0.4 is 11.3 Å².